The van der Waals surface area contributed by atoms with Crippen molar-refractivity contribution < 1.29 is 23.4 Å². The number of nitrogens with one attached hydrogen (secondary N) is 1. The van der Waals surface area contributed by atoms with Crippen molar-refractivity contribution in [1.82, 2.24) is 9.55 Å². The van der Waals surface area contributed by atoms with Gasteiger partial charge in [0.05, 0.1) is 6.10 Å². The number of ether oxygens (including phenoxy) is 1. The Labute approximate surface area is 147 Å². The van der Waals surface area contributed by atoms with Crippen molar-refractivity contribution >= 4 is 11.7 Å². The van der Waals surface area contributed by atoms with E-state index in [-0.39, 0.29) is 12.2 Å². The lowest BCUT2D eigenvalue weighted by Gasteiger charge is -2.21. The van der Waals surface area contributed by atoms with Gasteiger partial charge in [0.2, 0.25) is 6.23 Å². The summed E-state index contributed by atoms with van der Waals surface area (Å²) in [5.41, 5.74) is -0.664. The number of carbonyl (C=O) groups is 1. The molecule has 9 heteroatoms. The lowest BCUT2D eigenvalue weighted by molar-refractivity contribution is -0.140. The molecule has 3 rings (SSSR count). The molecule has 0 bridgehead atoms. The van der Waals surface area contributed by atoms with Crippen molar-refractivity contribution in [3.8, 4) is 0 Å². The summed E-state index contributed by atoms with van der Waals surface area (Å²) in [6.07, 6.45) is -3.83. The molecular weight excluding hydrogens is 348 g/mol. The van der Waals surface area contributed by atoms with E-state index in [1.54, 1.807) is 37.3 Å². The van der Waals surface area contributed by atoms with E-state index in [0.29, 0.717) is 10.1 Å². The highest BCUT2D eigenvalue weighted by molar-refractivity contribution is 6.03. The van der Waals surface area contributed by atoms with E-state index in [0.717, 1.165) is 6.20 Å². The number of hydrogen-bond acceptors (Lipinski definition) is 5. The first-order valence-electron chi connectivity index (χ1n) is 8.01. The summed E-state index contributed by atoms with van der Waals surface area (Å²) in [7, 11) is 0. The maximum absolute atomic E-state index is 14.2. The van der Waals surface area contributed by atoms with Crippen molar-refractivity contribution in [1.29, 1.82) is 0 Å². The molecule has 7 nitrogen and oxygen atoms in total. The maximum atomic E-state index is 14.2. The first kappa shape index (κ1) is 18.2. The largest absolute Gasteiger partial charge is 0.384 e. The molecule has 1 fully saturated rings. The van der Waals surface area contributed by atoms with E-state index in [9.17, 15) is 23.5 Å². The lowest BCUT2D eigenvalue weighted by Crippen LogP contribution is -2.41. The standard InChI is InChI=1S/C17H17F2N3O4/c1-2-11-13(23)17(18,19)15(26-11)22-9-8-12(21-16(22)25)20-14(24)10-6-4-3-5-7-10/h3-9,11,13,15,23H,2H2,1H3,(H,20,21,24,25)/t11-,13-,15-/m1/s1. The van der Waals surface area contributed by atoms with Crippen LogP contribution in [0.15, 0.2) is 47.4 Å². The molecule has 0 radical (unpaired) electrons. The van der Waals surface area contributed by atoms with Crippen LogP contribution < -0.4 is 11.0 Å². The van der Waals surface area contributed by atoms with Gasteiger partial charge >= 0.3 is 11.6 Å². The van der Waals surface area contributed by atoms with Gasteiger partial charge in [-0.1, -0.05) is 25.1 Å². The summed E-state index contributed by atoms with van der Waals surface area (Å²) in [6.45, 7) is 1.59. The second kappa shape index (κ2) is 6.93. The molecule has 2 N–H and O–H groups in total. The smallest absolute Gasteiger partial charge is 0.351 e. The molecule has 1 aliphatic heterocycles. The van der Waals surface area contributed by atoms with E-state index in [4.69, 9.17) is 4.74 Å². The third kappa shape index (κ3) is 3.23. The number of carbonyl (C=O) groups excluding carboxylic acids is 1. The molecule has 0 aliphatic carbocycles. The predicted octanol–water partition coefficient (Wildman–Crippen LogP) is 1.80. The summed E-state index contributed by atoms with van der Waals surface area (Å²) < 4.78 is 34.1. The Morgan fingerprint density at radius 1 is 1.35 bits per heavy atom. The van der Waals surface area contributed by atoms with Crippen LogP contribution in [0.25, 0.3) is 0 Å². The number of aromatic nitrogens is 2. The second-order valence-corrected chi connectivity index (χ2v) is 5.88. The number of aliphatic hydroxyl groups excluding tert-OH is 1. The molecule has 0 unspecified atom stereocenters. The zero-order valence-corrected chi connectivity index (χ0v) is 13.8. The number of alkyl halides is 2. The zero-order chi connectivity index (χ0) is 18.9. The molecular formula is C17H17F2N3O4. The molecule has 0 saturated carbocycles. The Balaban J connectivity index is 1.82. The molecule has 0 spiro atoms. The molecule has 138 valence electrons. The van der Waals surface area contributed by atoms with Crippen LogP contribution in [-0.4, -0.2) is 38.7 Å². The fourth-order valence-electron chi connectivity index (χ4n) is 2.73. The van der Waals surface area contributed by atoms with Crippen LogP contribution >= 0.6 is 0 Å². The van der Waals surface area contributed by atoms with Gasteiger partial charge in [0.1, 0.15) is 11.9 Å². The van der Waals surface area contributed by atoms with Gasteiger partial charge in [-0.3, -0.25) is 9.36 Å². The summed E-state index contributed by atoms with van der Waals surface area (Å²) in [4.78, 5) is 27.8. The highest BCUT2D eigenvalue weighted by Gasteiger charge is 2.59. The normalized spacial score (nSPS) is 24.4. The third-order valence-electron chi connectivity index (χ3n) is 4.14. The van der Waals surface area contributed by atoms with Crippen LogP contribution in [0.1, 0.15) is 29.9 Å². The number of amides is 1. The Hall–Kier alpha value is -2.65. The van der Waals surface area contributed by atoms with Gasteiger partial charge in [0.25, 0.3) is 5.91 Å². The highest BCUT2D eigenvalue weighted by Crippen LogP contribution is 2.42. The van der Waals surface area contributed by atoms with Gasteiger partial charge in [0.15, 0.2) is 0 Å². The van der Waals surface area contributed by atoms with Crippen LogP contribution in [0.2, 0.25) is 0 Å². The third-order valence-corrected chi connectivity index (χ3v) is 4.14. The van der Waals surface area contributed by atoms with Crippen LogP contribution in [0.5, 0.6) is 0 Å². The van der Waals surface area contributed by atoms with Gasteiger partial charge in [0, 0.05) is 11.8 Å². The number of benzene rings is 1. The molecule has 1 aromatic carbocycles. The van der Waals surface area contributed by atoms with Crippen molar-refractivity contribution in [2.75, 3.05) is 5.32 Å². The van der Waals surface area contributed by atoms with E-state index in [2.05, 4.69) is 10.3 Å². The first-order valence-corrected chi connectivity index (χ1v) is 8.01. The molecule has 1 aliphatic rings. The first-order chi connectivity index (χ1) is 12.3. The van der Waals surface area contributed by atoms with Crippen molar-refractivity contribution in [3.63, 3.8) is 0 Å². The summed E-state index contributed by atoms with van der Waals surface area (Å²) in [5.74, 6) is -4.20. The van der Waals surface area contributed by atoms with Gasteiger partial charge in [-0.2, -0.15) is 13.8 Å². The van der Waals surface area contributed by atoms with E-state index in [1.807, 2.05) is 0 Å². The van der Waals surface area contributed by atoms with Crippen LogP contribution in [0.3, 0.4) is 0 Å². The number of nitrogens with zero attached hydrogens (tertiary/aromatic N) is 2. The molecule has 1 saturated heterocycles. The Bertz CT molecular complexity index is 857. The topological polar surface area (TPSA) is 93.5 Å². The quantitative estimate of drug-likeness (QED) is 0.862. The van der Waals surface area contributed by atoms with E-state index < -0.39 is 36.0 Å². The molecule has 2 heterocycles. The number of aliphatic hydroxyl groups is 1. The van der Waals surface area contributed by atoms with Gasteiger partial charge < -0.3 is 15.2 Å². The number of rotatable bonds is 4. The Morgan fingerprint density at radius 2 is 2.04 bits per heavy atom. The number of halogens is 2. The van der Waals surface area contributed by atoms with Crippen molar-refractivity contribution in [3.05, 3.63) is 58.6 Å². The zero-order valence-electron chi connectivity index (χ0n) is 13.8. The maximum Gasteiger partial charge on any atom is 0.351 e. The van der Waals surface area contributed by atoms with Crippen LogP contribution in [0.4, 0.5) is 14.6 Å². The number of anilines is 1. The lowest BCUT2D eigenvalue weighted by atomic mass is 10.1. The van der Waals surface area contributed by atoms with Gasteiger partial charge in [-0.25, -0.2) is 4.79 Å². The second-order valence-electron chi connectivity index (χ2n) is 5.88. The predicted molar refractivity (Wildman–Crippen MR) is 88.0 cm³/mol. The molecule has 26 heavy (non-hydrogen) atoms. The van der Waals surface area contributed by atoms with E-state index in [1.165, 1.54) is 6.07 Å². The monoisotopic (exact) mass is 365 g/mol. The summed E-state index contributed by atoms with van der Waals surface area (Å²) in [5, 5.41) is 12.1. The van der Waals surface area contributed by atoms with Crippen molar-refractivity contribution in [2.24, 2.45) is 0 Å². The average molecular weight is 365 g/mol. The Morgan fingerprint density at radius 3 is 2.62 bits per heavy atom. The molecule has 1 amide bonds. The average Bonchev–Trinajstić information content (AvgIpc) is 2.85. The highest BCUT2D eigenvalue weighted by atomic mass is 19.3. The minimum atomic E-state index is -3.64. The fraction of sp³-hybridized carbons (Fsp3) is 0.353. The molecule has 2 aromatic rings. The summed E-state index contributed by atoms with van der Waals surface area (Å²) in [6, 6.07) is 9.47. The molecule has 3 atom stereocenters. The molecule has 1 aromatic heterocycles. The number of hydrogen-bond donors (Lipinski definition) is 2. The summed E-state index contributed by atoms with van der Waals surface area (Å²) >= 11 is 0. The van der Waals surface area contributed by atoms with Gasteiger partial charge in [-0.15, -0.1) is 0 Å². The van der Waals surface area contributed by atoms with Gasteiger partial charge in [-0.05, 0) is 24.6 Å². The van der Waals surface area contributed by atoms with Crippen molar-refractivity contribution in [2.45, 2.75) is 37.7 Å². The Kier molecular flexibility index (Phi) is 4.84. The minimum Gasteiger partial charge on any atom is -0.384 e. The fourth-order valence-corrected chi connectivity index (χ4v) is 2.73. The SMILES string of the molecule is CC[C@H]1O[C@@H](n2ccc(NC(=O)c3ccccc3)nc2=O)C(F)(F)[C@@H]1O. The van der Waals surface area contributed by atoms with Crippen LogP contribution in [-0.2, 0) is 4.74 Å². The van der Waals surface area contributed by atoms with Crippen LogP contribution in [0, 0.1) is 0 Å². The minimum absolute atomic E-state index is 0.0750. The van der Waals surface area contributed by atoms with E-state index >= 15 is 0 Å².